The van der Waals surface area contributed by atoms with Crippen LogP contribution in [-0.4, -0.2) is 163 Å². The molecule has 2 heterocycles. The normalized spacial score (nSPS) is 15.4. The highest BCUT2D eigenvalue weighted by Crippen LogP contribution is 2.25. The minimum atomic E-state index is -1.68. The molecular formula is C64H105N11O13. The Morgan fingerprint density at radius 1 is 0.636 bits per heavy atom. The highest BCUT2D eigenvalue weighted by atomic mass is 16.5. The predicted octanol–water partition coefficient (Wildman–Crippen LogP) is 4.49. The molecule has 1 aromatic heterocycles. The molecule has 0 aliphatic carbocycles. The maximum absolute atomic E-state index is 14.5. The fraction of sp³-hybridized carbons (Fsp3) is 0.703. The minimum absolute atomic E-state index is 0.0192. The van der Waals surface area contributed by atoms with Crippen molar-refractivity contribution in [3.8, 4) is 5.75 Å². The van der Waals surface area contributed by atoms with Crippen LogP contribution in [0.4, 0.5) is 0 Å². The van der Waals surface area contributed by atoms with Gasteiger partial charge in [0.2, 0.25) is 53.2 Å². The number of unbranched alkanes of at least 4 members (excludes halogenated alkanes) is 5. The Bertz CT molecular complexity index is 2790. The van der Waals surface area contributed by atoms with Crippen molar-refractivity contribution in [3.63, 3.8) is 0 Å². The van der Waals surface area contributed by atoms with Crippen molar-refractivity contribution in [2.75, 3.05) is 40.8 Å². The molecule has 1 aliphatic heterocycles. The Labute approximate surface area is 520 Å². The largest absolute Gasteiger partial charge is 0.497 e. The minimum Gasteiger partial charge on any atom is -0.497 e. The third-order valence-electron chi connectivity index (χ3n) is 15.2. The first-order valence-corrected chi connectivity index (χ1v) is 31.4. The van der Waals surface area contributed by atoms with Gasteiger partial charge in [0.05, 0.1) is 7.11 Å². The number of methoxy groups -OCH3 is 1. The van der Waals surface area contributed by atoms with Gasteiger partial charge in [-0.1, -0.05) is 87.0 Å². The molecule has 0 radical (unpaired) electrons. The summed E-state index contributed by atoms with van der Waals surface area (Å²) in [6.07, 6.45) is 6.73. The highest BCUT2D eigenvalue weighted by molar-refractivity contribution is 6.02. The van der Waals surface area contributed by atoms with Gasteiger partial charge in [-0.25, -0.2) is 4.79 Å². The van der Waals surface area contributed by atoms with Gasteiger partial charge in [0.1, 0.15) is 63.7 Å². The van der Waals surface area contributed by atoms with E-state index < -0.39 is 106 Å². The van der Waals surface area contributed by atoms with E-state index in [9.17, 15) is 52.7 Å². The maximum Gasteiger partial charge on any atom is 0.349 e. The van der Waals surface area contributed by atoms with Crippen molar-refractivity contribution in [3.05, 3.63) is 40.2 Å². The topological polar surface area (TPSA) is 325 Å². The summed E-state index contributed by atoms with van der Waals surface area (Å²) in [6.45, 7) is 24.7. The zero-order valence-corrected chi connectivity index (χ0v) is 55.5. The van der Waals surface area contributed by atoms with Crippen LogP contribution in [0.1, 0.15) is 191 Å². The summed E-state index contributed by atoms with van der Waals surface area (Å²) in [4.78, 5) is 156. The van der Waals surface area contributed by atoms with Crippen molar-refractivity contribution < 1.29 is 57.1 Å². The average Bonchev–Trinajstić information content (AvgIpc) is 1.75. The molecule has 1 saturated heterocycles. The van der Waals surface area contributed by atoms with Crippen LogP contribution in [0.3, 0.4) is 0 Å². The Kier molecular flexibility index (Phi) is 29.5. The van der Waals surface area contributed by atoms with E-state index >= 15 is 0 Å². The number of rotatable bonds is 36. The number of carbonyl (C=O) groups excluding carboxylic acids is 10. The van der Waals surface area contributed by atoms with Crippen LogP contribution >= 0.6 is 0 Å². The lowest BCUT2D eigenvalue weighted by Gasteiger charge is -2.34. The van der Waals surface area contributed by atoms with Gasteiger partial charge in [-0.2, -0.15) is 0 Å². The van der Waals surface area contributed by atoms with Crippen LogP contribution in [-0.2, 0) is 43.2 Å². The molecule has 6 atom stereocenters. The van der Waals surface area contributed by atoms with Crippen molar-refractivity contribution in [2.24, 2.45) is 17.8 Å². The Morgan fingerprint density at radius 2 is 1.16 bits per heavy atom. The molecular weight excluding hydrogens is 1130 g/mol. The standard InChI is InChI=1S/C64H105N11O13/c1-18-19-20-21-22-23-25-45(67-56(81)49-26-24-31-75(49)57(82)44-35-42-27-28-43(87-17)36-50(42)88-58(44)83)52(77)68-47(33-39(4)5)54(79)71-63(11,12)60(85)70-46(32-38(2)3)53(78)69-48(34-40(6)7)55(80)72-64(13,14)61(86)73-62(9,10)59(84)65-30-29-51(76)66-41(8)37-74(15)16/h27-28,35-36,38-41,45-49H,18-26,29-34,37H2,1-17H3,(H,65,84)(H,66,76)(H,67,81)(H,68,77)(H,69,78)(H,70,85)(H,71,79)(H,72,80)(H,73,86)/t41-,45-,46-,47-,48-,49-/m0/s1. The van der Waals surface area contributed by atoms with Crippen LogP contribution in [0, 0.1) is 17.8 Å². The molecule has 10 amide bonds. The molecule has 3 rings (SSSR count). The monoisotopic (exact) mass is 1240 g/mol. The molecule has 1 aliphatic rings. The molecule has 0 bridgehead atoms. The Hall–Kier alpha value is -7.11. The fourth-order valence-electron chi connectivity index (χ4n) is 10.3. The number of carbonyl (C=O) groups is 10. The molecule has 0 saturated carbocycles. The number of likely N-dealkylation sites (tertiary alicyclic amines) is 1. The van der Waals surface area contributed by atoms with Gasteiger partial charge in [0.25, 0.3) is 5.91 Å². The first-order chi connectivity index (χ1) is 41.0. The van der Waals surface area contributed by atoms with Gasteiger partial charge in [0.15, 0.2) is 0 Å². The van der Waals surface area contributed by atoms with Crippen molar-refractivity contribution >= 4 is 70.0 Å². The number of nitrogens with one attached hydrogen (secondary N) is 9. The van der Waals surface area contributed by atoms with E-state index in [2.05, 4.69) is 54.8 Å². The molecule has 0 spiro atoms. The smallest absolute Gasteiger partial charge is 0.349 e. The number of amides is 10. The van der Waals surface area contributed by atoms with Crippen LogP contribution in [0.5, 0.6) is 5.75 Å². The van der Waals surface area contributed by atoms with E-state index in [1.54, 1.807) is 12.1 Å². The number of fused-ring (bicyclic) bond motifs is 1. The second kappa shape index (κ2) is 34.6. The lowest BCUT2D eigenvalue weighted by Crippen LogP contribution is -2.65. The number of hydrogen-bond donors (Lipinski definition) is 9. The summed E-state index contributed by atoms with van der Waals surface area (Å²) in [6, 6.07) is 0.474. The van der Waals surface area contributed by atoms with Gasteiger partial charge >= 0.3 is 5.63 Å². The Balaban J connectivity index is 1.77. The summed E-state index contributed by atoms with van der Waals surface area (Å²) in [5.41, 5.74) is -5.63. The van der Waals surface area contributed by atoms with E-state index in [1.165, 1.54) is 65.7 Å². The van der Waals surface area contributed by atoms with Crippen LogP contribution in [0.2, 0.25) is 0 Å². The number of likely N-dealkylation sites (N-methyl/N-ethyl adjacent to an activating group) is 1. The summed E-state index contributed by atoms with van der Waals surface area (Å²) >= 11 is 0. The van der Waals surface area contributed by atoms with Gasteiger partial charge < -0.3 is 66.8 Å². The molecule has 0 unspecified atom stereocenters. The molecule has 9 N–H and O–H groups in total. The van der Waals surface area contributed by atoms with Gasteiger partial charge in [0, 0.05) is 43.5 Å². The molecule has 88 heavy (non-hydrogen) atoms. The molecule has 1 aromatic carbocycles. The lowest BCUT2D eigenvalue weighted by molar-refractivity contribution is -0.139. The molecule has 2 aromatic rings. The number of benzene rings is 1. The third-order valence-corrected chi connectivity index (χ3v) is 15.2. The van der Waals surface area contributed by atoms with E-state index in [0.717, 1.165) is 32.1 Å². The first-order valence-electron chi connectivity index (χ1n) is 31.4. The Morgan fingerprint density at radius 3 is 1.70 bits per heavy atom. The maximum atomic E-state index is 14.5. The van der Waals surface area contributed by atoms with Crippen molar-refractivity contribution in [1.29, 1.82) is 0 Å². The third kappa shape index (κ3) is 24.1. The number of nitrogens with zero attached hydrogens (tertiary/aromatic N) is 2. The van der Waals surface area contributed by atoms with E-state index in [4.69, 9.17) is 9.15 Å². The summed E-state index contributed by atoms with van der Waals surface area (Å²) in [5, 5.41) is 25.5. The molecule has 24 heteroatoms. The zero-order chi connectivity index (χ0) is 66.4. The van der Waals surface area contributed by atoms with Crippen LogP contribution in [0.25, 0.3) is 11.0 Å². The van der Waals surface area contributed by atoms with E-state index in [1.807, 2.05) is 67.5 Å². The molecule has 494 valence electrons. The first kappa shape index (κ1) is 75.1. The second-order valence-corrected chi connectivity index (χ2v) is 26.7. The SMILES string of the molecule is CCCCCCCC[C@H](NC(=O)[C@@H]1CCCN1C(=O)c1cc2ccc(OC)cc2oc1=O)C(=O)N[C@@H](CC(C)C)C(=O)NC(C)(C)C(=O)N[C@@H](CC(C)C)C(=O)N[C@@H](CC(C)C)C(=O)NC(C)(C)C(=O)NC(C)(C)C(=O)NCCC(=O)N[C@@H](C)CN(C)C. The van der Waals surface area contributed by atoms with Gasteiger partial charge in [-0.15, -0.1) is 0 Å². The summed E-state index contributed by atoms with van der Waals surface area (Å²) in [7, 11) is 5.26. The second-order valence-electron chi connectivity index (χ2n) is 26.7. The van der Waals surface area contributed by atoms with Crippen molar-refractivity contribution in [2.45, 2.75) is 233 Å². The summed E-state index contributed by atoms with van der Waals surface area (Å²) in [5.74, 6) is -6.21. The zero-order valence-electron chi connectivity index (χ0n) is 55.5. The summed E-state index contributed by atoms with van der Waals surface area (Å²) < 4.78 is 10.7. The predicted molar refractivity (Wildman–Crippen MR) is 338 cm³/mol. The molecule has 24 nitrogen and oxygen atoms in total. The van der Waals surface area contributed by atoms with Gasteiger partial charge in [-0.05, 0) is 137 Å². The van der Waals surface area contributed by atoms with E-state index in [0.29, 0.717) is 30.5 Å². The lowest BCUT2D eigenvalue weighted by atomic mass is 9.96. The number of hydrogen-bond acceptors (Lipinski definition) is 14. The van der Waals surface area contributed by atoms with Crippen LogP contribution < -0.4 is 58.2 Å². The van der Waals surface area contributed by atoms with Gasteiger partial charge in [-0.3, -0.25) is 47.9 Å². The fourth-order valence-corrected chi connectivity index (χ4v) is 10.3. The quantitative estimate of drug-likeness (QED) is 0.0336. The van der Waals surface area contributed by atoms with E-state index in [-0.39, 0.29) is 92.5 Å². The molecule has 1 fully saturated rings. The number of ether oxygens (including phenoxy) is 1. The van der Waals surface area contributed by atoms with Crippen LogP contribution in [0.15, 0.2) is 33.5 Å². The highest BCUT2D eigenvalue weighted by Gasteiger charge is 2.42. The van der Waals surface area contributed by atoms with Crippen molar-refractivity contribution in [1.82, 2.24) is 57.7 Å². The average molecular weight is 1240 g/mol.